The van der Waals surface area contributed by atoms with Crippen molar-refractivity contribution in [1.29, 1.82) is 0 Å². The summed E-state index contributed by atoms with van der Waals surface area (Å²) < 4.78 is 5.57. The van der Waals surface area contributed by atoms with Crippen LogP contribution in [0.25, 0.3) is 0 Å². The van der Waals surface area contributed by atoms with E-state index in [0.717, 1.165) is 42.7 Å². The largest absolute Gasteiger partial charge is 0.444 e. The molecule has 0 radical (unpaired) electrons. The van der Waals surface area contributed by atoms with E-state index in [-0.39, 0.29) is 17.9 Å². The number of benzene rings is 1. The van der Waals surface area contributed by atoms with E-state index in [2.05, 4.69) is 12.2 Å². The Labute approximate surface area is 173 Å². The van der Waals surface area contributed by atoms with Gasteiger partial charge >= 0.3 is 6.09 Å². The van der Waals surface area contributed by atoms with Crippen LogP contribution in [0, 0.1) is 5.92 Å². The second-order valence-corrected chi connectivity index (χ2v) is 9.87. The molecule has 0 bridgehead atoms. The van der Waals surface area contributed by atoms with Crippen LogP contribution in [0.2, 0.25) is 0 Å². The quantitative estimate of drug-likeness (QED) is 0.773. The van der Waals surface area contributed by atoms with Crippen LogP contribution in [0.5, 0.6) is 0 Å². The fourth-order valence-corrected chi connectivity index (χ4v) is 4.82. The topological polar surface area (TPSA) is 61.9 Å². The normalized spacial score (nSPS) is 26.4. The Hall–Kier alpha value is -2.24. The predicted octanol–water partition coefficient (Wildman–Crippen LogP) is 4.08. The van der Waals surface area contributed by atoms with Gasteiger partial charge in [0.1, 0.15) is 5.60 Å². The number of amides is 2. The lowest BCUT2D eigenvalue weighted by atomic mass is 9.88. The van der Waals surface area contributed by atoms with Crippen molar-refractivity contribution >= 4 is 17.7 Å². The number of fused-ring (bicyclic) bond motifs is 3. The van der Waals surface area contributed by atoms with Gasteiger partial charge in [-0.15, -0.1) is 0 Å². The highest BCUT2D eigenvalue weighted by Crippen LogP contribution is 2.41. The van der Waals surface area contributed by atoms with Gasteiger partial charge in [0.15, 0.2) is 0 Å². The summed E-state index contributed by atoms with van der Waals surface area (Å²) >= 11 is 0. The number of piperidine rings is 2. The third-order valence-electron chi connectivity index (χ3n) is 6.25. The van der Waals surface area contributed by atoms with Gasteiger partial charge in [0, 0.05) is 49.4 Å². The second kappa shape index (κ2) is 7.54. The van der Waals surface area contributed by atoms with Gasteiger partial charge in [0.05, 0.1) is 0 Å². The minimum absolute atomic E-state index is 0.127. The van der Waals surface area contributed by atoms with Crippen molar-refractivity contribution in [3.63, 3.8) is 0 Å². The average Bonchev–Trinajstić information content (AvgIpc) is 3.03. The van der Waals surface area contributed by atoms with Crippen LogP contribution in [0.4, 0.5) is 10.5 Å². The number of ether oxygens (including phenoxy) is 1. The van der Waals surface area contributed by atoms with Crippen molar-refractivity contribution in [1.82, 2.24) is 9.80 Å². The lowest BCUT2D eigenvalue weighted by molar-refractivity contribution is 0.0194. The monoisotopic (exact) mass is 399 g/mol. The second-order valence-electron chi connectivity index (χ2n) is 9.87. The van der Waals surface area contributed by atoms with Crippen LogP contribution in [0.3, 0.4) is 0 Å². The molecule has 6 heteroatoms. The van der Waals surface area contributed by atoms with E-state index in [1.807, 2.05) is 48.8 Å². The number of likely N-dealkylation sites (tertiary alicyclic amines) is 2. The standard InChI is InChI=1S/C23H33N3O3/c1-15-6-5-10-25(13-15)21(27)16-7-8-19-17(12-16)18-14-26(11-9-20(18)24-19)22(28)29-23(2,3)4/h7-8,12,15,18,20,24H,5-6,9-11,13-14H2,1-4H3. The van der Waals surface area contributed by atoms with E-state index < -0.39 is 5.60 Å². The fourth-order valence-electron chi connectivity index (χ4n) is 4.82. The number of nitrogens with zero attached hydrogens (tertiary/aromatic N) is 2. The van der Waals surface area contributed by atoms with Crippen LogP contribution in [-0.4, -0.2) is 59.6 Å². The molecule has 1 aromatic rings. The molecular weight excluding hydrogens is 366 g/mol. The number of carbonyl (C=O) groups is 2. The molecule has 3 aliphatic heterocycles. The highest BCUT2D eigenvalue weighted by Gasteiger charge is 2.39. The first-order valence-corrected chi connectivity index (χ1v) is 10.9. The average molecular weight is 400 g/mol. The number of rotatable bonds is 1. The first-order chi connectivity index (χ1) is 13.7. The number of hydrogen-bond donors (Lipinski definition) is 1. The molecule has 1 aromatic carbocycles. The van der Waals surface area contributed by atoms with E-state index in [1.54, 1.807) is 0 Å². The van der Waals surface area contributed by atoms with Gasteiger partial charge in [-0.25, -0.2) is 4.79 Å². The lowest BCUT2D eigenvalue weighted by Gasteiger charge is -2.36. The fraction of sp³-hybridized carbons (Fsp3) is 0.652. The number of carbonyl (C=O) groups excluding carboxylic acids is 2. The molecule has 4 rings (SSSR count). The molecule has 0 saturated carbocycles. The lowest BCUT2D eigenvalue weighted by Crippen LogP contribution is -2.46. The highest BCUT2D eigenvalue weighted by molar-refractivity contribution is 5.95. The third kappa shape index (κ3) is 4.21. The van der Waals surface area contributed by atoms with Crippen LogP contribution in [0.1, 0.15) is 68.8 Å². The summed E-state index contributed by atoms with van der Waals surface area (Å²) in [4.78, 5) is 29.4. The molecule has 0 aliphatic carbocycles. The van der Waals surface area contributed by atoms with Gasteiger partial charge in [-0.2, -0.15) is 0 Å². The van der Waals surface area contributed by atoms with Crippen LogP contribution in [-0.2, 0) is 4.74 Å². The van der Waals surface area contributed by atoms with Crippen molar-refractivity contribution in [2.45, 2.75) is 64.5 Å². The van der Waals surface area contributed by atoms with Gasteiger partial charge in [0.2, 0.25) is 0 Å². The Morgan fingerprint density at radius 3 is 2.62 bits per heavy atom. The van der Waals surface area contributed by atoms with Gasteiger partial charge in [-0.3, -0.25) is 4.79 Å². The maximum absolute atomic E-state index is 13.1. The summed E-state index contributed by atoms with van der Waals surface area (Å²) in [7, 11) is 0. The maximum atomic E-state index is 13.1. The number of hydrogen-bond acceptors (Lipinski definition) is 4. The zero-order chi connectivity index (χ0) is 20.8. The van der Waals surface area contributed by atoms with Crippen molar-refractivity contribution in [2.75, 3.05) is 31.5 Å². The zero-order valence-corrected chi connectivity index (χ0v) is 18.0. The molecule has 29 heavy (non-hydrogen) atoms. The zero-order valence-electron chi connectivity index (χ0n) is 18.0. The summed E-state index contributed by atoms with van der Waals surface area (Å²) in [5.41, 5.74) is 2.51. The Morgan fingerprint density at radius 2 is 1.90 bits per heavy atom. The molecule has 158 valence electrons. The van der Waals surface area contributed by atoms with Crippen molar-refractivity contribution in [3.05, 3.63) is 29.3 Å². The molecule has 3 aliphatic rings. The molecule has 3 unspecified atom stereocenters. The number of anilines is 1. The molecule has 3 atom stereocenters. The van der Waals surface area contributed by atoms with Crippen molar-refractivity contribution < 1.29 is 14.3 Å². The molecular formula is C23H33N3O3. The Kier molecular flexibility index (Phi) is 5.21. The third-order valence-corrected chi connectivity index (χ3v) is 6.25. The van der Waals surface area contributed by atoms with E-state index in [9.17, 15) is 9.59 Å². The van der Waals surface area contributed by atoms with E-state index in [4.69, 9.17) is 4.74 Å². The van der Waals surface area contributed by atoms with Crippen molar-refractivity contribution in [3.8, 4) is 0 Å². The van der Waals surface area contributed by atoms with Gasteiger partial charge in [0.25, 0.3) is 5.91 Å². The van der Waals surface area contributed by atoms with Crippen molar-refractivity contribution in [2.24, 2.45) is 5.92 Å². The van der Waals surface area contributed by atoms with Gasteiger partial charge < -0.3 is 19.9 Å². The molecule has 6 nitrogen and oxygen atoms in total. The smallest absolute Gasteiger partial charge is 0.410 e. The summed E-state index contributed by atoms with van der Waals surface area (Å²) in [6, 6.07) is 6.33. The van der Waals surface area contributed by atoms with Crippen LogP contribution in [0.15, 0.2) is 18.2 Å². The molecule has 2 saturated heterocycles. The molecule has 2 amide bonds. The Morgan fingerprint density at radius 1 is 1.10 bits per heavy atom. The first kappa shape index (κ1) is 20.0. The summed E-state index contributed by atoms with van der Waals surface area (Å²) in [5.74, 6) is 0.885. The Bertz CT molecular complexity index is 801. The first-order valence-electron chi connectivity index (χ1n) is 10.9. The molecule has 3 heterocycles. The highest BCUT2D eigenvalue weighted by atomic mass is 16.6. The molecule has 2 fully saturated rings. The van der Waals surface area contributed by atoms with E-state index in [0.29, 0.717) is 25.0 Å². The van der Waals surface area contributed by atoms with Crippen LogP contribution >= 0.6 is 0 Å². The van der Waals surface area contributed by atoms with E-state index >= 15 is 0 Å². The molecule has 1 N–H and O–H groups in total. The minimum Gasteiger partial charge on any atom is -0.444 e. The molecule has 0 aromatic heterocycles. The molecule has 0 spiro atoms. The summed E-state index contributed by atoms with van der Waals surface area (Å²) in [6.45, 7) is 10.9. The Balaban J connectivity index is 1.51. The number of nitrogens with one attached hydrogen (secondary N) is 1. The van der Waals surface area contributed by atoms with Gasteiger partial charge in [-0.05, 0) is 69.7 Å². The summed E-state index contributed by atoms with van der Waals surface area (Å²) in [5, 5.41) is 3.59. The maximum Gasteiger partial charge on any atom is 0.410 e. The van der Waals surface area contributed by atoms with E-state index in [1.165, 1.54) is 6.42 Å². The predicted molar refractivity (Wildman–Crippen MR) is 113 cm³/mol. The summed E-state index contributed by atoms with van der Waals surface area (Å²) in [6.07, 6.45) is 2.90. The van der Waals surface area contributed by atoms with Gasteiger partial charge in [-0.1, -0.05) is 6.92 Å². The minimum atomic E-state index is -0.495. The van der Waals surface area contributed by atoms with Crippen LogP contribution < -0.4 is 5.32 Å². The SMILES string of the molecule is CC1CCCN(C(=O)c2ccc3c(c2)C2CN(C(=O)OC(C)(C)C)CCC2N3)C1.